The smallest absolute Gasteiger partial charge is 0.253 e. The second-order valence-electron chi connectivity index (χ2n) is 3.71. The molecule has 0 aromatic carbocycles. The van der Waals surface area contributed by atoms with Gasteiger partial charge in [0.2, 0.25) is 0 Å². The zero-order valence-electron chi connectivity index (χ0n) is 9.38. The van der Waals surface area contributed by atoms with E-state index in [1.165, 1.54) is 6.20 Å². The van der Waals surface area contributed by atoms with Gasteiger partial charge in [-0.3, -0.25) is 9.78 Å². The van der Waals surface area contributed by atoms with Crippen molar-refractivity contribution in [2.24, 2.45) is 0 Å². The molecule has 1 atom stereocenters. The van der Waals surface area contributed by atoms with Crippen LogP contribution in [0.4, 0.5) is 5.69 Å². The van der Waals surface area contributed by atoms with E-state index in [1.807, 2.05) is 23.8 Å². The number of anilines is 1. The number of amides is 1. The fourth-order valence-corrected chi connectivity index (χ4v) is 2.25. The van der Waals surface area contributed by atoms with Crippen molar-refractivity contribution in [1.29, 1.82) is 0 Å². The third kappa shape index (κ3) is 2.62. The van der Waals surface area contributed by atoms with Crippen molar-refractivity contribution in [3.8, 4) is 0 Å². The van der Waals surface area contributed by atoms with Gasteiger partial charge in [-0.05, 0) is 35.4 Å². The molecule has 88 valence electrons. The molecule has 2 heterocycles. The van der Waals surface area contributed by atoms with E-state index < -0.39 is 0 Å². The standard InChI is InChI=1S/C12H13N3OS/c1-8(9-3-5-17-7-9)15-12(16)10-2-4-14-6-11(10)13/h2-8H,13H2,1H3,(H,15,16). The molecular weight excluding hydrogens is 234 g/mol. The number of nitrogen functional groups attached to an aromatic ring is 1. The minimum absolute atomic E-state index is 0.0266. The van der Waals surface area contributed by atoms with Crippen LogP contribution in [0.3, 0.4) is 0 Å². The van der Waals surface area contributed by atoms with Crippen LogP contribution >= 0.6 is 11.3 Å². The van der Waals surface area contributed by atoms with Crippen molar-refractivity contribution in [2.75, 3.05) is 5.73 Å². The number of thiophene rings is 1. The number of nitrogens with one attached hydrogen (secondary N) is 1. The Morgan fingerprint density at radius 2 is 2.35 bits per heavy atom. The van der Waals surface area contributed by atoms with Crippen LogP contribution in [0.25, 0.3) is 0 Å². The zero-order valence-corrected chi connectivity index (χ0v) is 10.2. The van der Waals surface area contributed by atoms with Crippen molar-refractivity contribution < 1.29 is 4.79 Å². The first-order chi connectivity index (χ1) is 8.18. The quantitative estimate of drug-likeness (QED) is 0.873. The Morgan fingerprint density at radius 3 is 3.00 bits per heavy atom. The van der Waals surface area contributed by atoms with E-state index in [1.54, 1.807) is 23.6 Å². The lowest BCUT2D eigenvalue weighted by atomic mass is 10.1. The Hall–Kier alpha value is -1.88. The molecule has 0 aliphatic carbocycles. The van der Waals surface area contributed by atoms with Crippen molar-refractivity contribution in [2.45, 2.75) is 13.0 Å². The van der Waals surface area contributed by atoms with Crippen LogP contribution in [0.2, 0.25) is 0 Å². The number of carbonyl (C=O) groups excluding carboxylic acids is 1. The van der Waals surface area contributed by atoms with E-state index in [9.17, 15) is 4.79 Å². The van der Waals surface area contributed by atoms with Gasteiger partial charge in [0.05, 0.1) is 23.5 Å². The molecule has 0 saturated heterocycles. The fourth-order valence-electron chi connectivity index (χ4n) is 1.49. The summed E-state index contributed by atoms with van der Waals surface area (Å²) in [6.45, 7) is 1.94. The third-order valence-electron chi connectivity index (χ3n) is 2.49. The summed E-state index contributed by atoms with van der Waals surface area (Å²) < 4.78 is 0. The van der Waals surface area contributed by atoms with E-state index >= 15 is 0 Å². The number of nitrogens with zero attached hydrogens (tertiary/aromatic N) is 1. The van der Waals surface area contributed by atoms with Crippen LogP contribution in [0, 0.1) is 0 Å². The summed E-state index contributed by atoms with van der Waals surface area (Å²) in [4.78, 5) is 15.8. The number of hydrogen-bond acceptors (Lipinski definition) is 4. The second kappa shape index (κ2) is 4.97. The molecule has 0 aliphatic rings. The van der Waals surface area contributed by atoms with Crippen LogP contribution < -0.4 is 11.1 Å². The highest BCUT2D eigenvalue weighted by atomic mass is 32.1. The number of pyridine rings is 1. The van der Waals surface area contributed by atoms with E-state index in [0.29, 0.717) is 11.3 Å². The number of aromatic nitrogens is 1. The van der Waals surface area contributed by atoms with Crippen LogP contribution in [-0.4, -0.2) is 10.9 Å². The number of hydrogen-bond donors (Lipinski definition) is 2. The predicted molar refractivity (Wildman–Crippen MR) is 68.8 cm³/mol. The summed E-state index contributed by atoms with van der Waals surface area (Å²) in [5.41, 5.74) is 7.64. The molecule has 0 bridgehead atoms. The summed E-state index contributed by atoms with van der Waals surface area (Å²) in [5, 5.41) is 6.90. The van der Waals surface area contributed by atoms with Crippen LogP contribution in [0.5, 0.6) is 0 Å². The average Bonchev–Trinajstić information content (AvgIpc) is 2.82. The number of carbonyl (C=O) groups is 1. The van der Waals surface area contributed by atoms with Gasteiger partial charge in [-0.1, -0.05) is 0 Å². The Bertz CT molecular complexity index is 510. The molecular formula is C12H13N3OS. The Kier molecular flexibility index (Phi) is 3.39. The molecule has 0 saturated carbocycles. The molecule has 1 unspecified atom stereocenters. The van der Waals surface area contributed by atoms with Gasteiger partial charge in [-0.2, -0.15) is 11.3 Å². The van der Waals surface area contributed by atoms with Gasteiger partial charge in [0.25, 0.3) is 5.91 Å². The minimum atomic E-state index is -0.177. The normalized spacial score (nSPS) is 12.1. The largest absolute Gasteiger partial charge is 0.397 e. The lowest BCUT2D eigenvalue weighted by molar-refractivity contribution is 0.0941. The van der Waals surface area contributed by atoms with Crippen molar-refractivity contribution >= 4 is 22.9 Å². The second-order valence-corrected chi connectivity index (χ2v) is 4.49. The number of rotatable bonds is 3. The van der Waals surface area contributed by atoms with Gasteiger partial charge < -0.3 is 11.1 Å². The van der Waals surface area contributed by atoms with E-state index in [2.05, 4.69) is 10.3 Å². The summed E-state index contributed by atoms with van der Waals surface area (Å²) in [7, 11) is 0. The van der Waals surface area contributed by atoms with Crippen LogP contribution in [-0.2, 0) is 0 Å². The van der Waals surface area contributed by atoms with E-state index in [-0.39, 0.29) is 11.9 Å². The van der Waals surface area contributed by atoms with Gasteiger partial charge in [0, 0.05) is 6.20 Å². The summed E-state index contributed by atoms with van der Waals surface area (Å²) >= 11 is 1.61. The Morgan fingerprint density at radius 1 is 1.53 bits per heavy atom. The van der Waals surface area contributed by atoms with E-state index in [0.717, 1.165) is 5.56 Å². The molecule has 0 aliphatic heterocycles. The van der Waals surface area contributed by atoms with Crippen molar-refractivity contribution in [1.82, 2.24) is 10.3 Å². The van der Waals surface area contributed by atoms with Crippen molar-refractivity contribution in [3.05, 3.63) is 46.4 Å². The molecule has 2 rings (SSSR count). The SMILES string of the molecule is CC(NC(=O)c1ccncc1N)c1ccsc1. The maximum atomic E-state index is 12.0. The van der Waals surface area contributed by atoms with Gasteiger partial charge in [-0.15, -0.1) is 0 Å². The molecule has 17 heavy (non-hydrogen) atoms. The van der Waals surface area contributed by atoms with E-state index in [4.69, 9.17) is 5.73 Å². The highest BCUT2D eigenvalue weighted by molar-refractivity contribution is 7.07. The van der Waals surface area contributed by atoms with Crippen LogP contribution in [0.15, 0.2) is 35.3 Å². The molecule has 2 aromatic heterocycles. The molecule has 0 fully saturated rings. The molecule has 3 N–H and O–H groups in total. The zero-order chi connectivity index (χ0) is 12.3. The average molecular weight is 247 g/mol. The van der Waals surface area contributed by atoms with Gasteiger partial charge >= 0.3 is 0 Å². The molecule has 4 nitrogen and oxygen atoms in total. The molecule has 0 radical (unpaired) electrons. The molecule has 2 aromatic rings. The first-order valence-corrected chi connectivity index (χ1v) is 6.15. The summed E-state index contributed by atoms with van der Waals surface area (Å²) in [6, 6.07) is 3.58. The molecule has 1 amide bonds. The monoisotopic (exact) mass is 247 g/mol. The first kappa shape index (κ1) is 11.6. The molecule has 0 spiro atoms. The Labute approximate surface area is 103 Å². The Balaban J connectivity index is 2.10. The lowest BCUT2D eigenvalue weighted by Gasteiger charge is -2.13. The maximum absolute atomic E-state index is 12.0. The summed E-state index contributed by atoms with van der Waals surface area (Å²) in [5.74, 6) is -0.177. The topological polar surface area (TPSA) is 68.0 Å². The maximum Gasteiger partial charge on any atom is 0.253 e. The highest BCUT2D eigenvalue weighted by Gasteiger charge is 2.13. The van der Waals surface area contributed by atoms with Crippen molar-refractivity contribution in [3.63, 3.8) is 0 Å². The fraction of sp³-hybridized carbons (Fsp3) is 0.167. The molecule has 5 heteroatoms. The lowest BCUT2D eigenvalue weighted by Crippen LogP contribution is -2.27. The van der Waals surface area contributed by atoms with Gasteiger partial charge in [-0.25, -0.2) is 0 Å². The van der Waals surface area contributed by atoms with Crippen LogP contribution in [0.1, 0.15) is 28.9 Å². The van der Waals surface area contributed by atoms with Gasteiger partial charge in [0.15, 0.2) is 0 Å². The third-order valence-corrected chi connectivity index (χ3v) is 3.19. The summed E-state index contributed by atoms with van der Waals surface area (Å²) in [6.07, 6.45) is 3.03. The minimum Gasteiger partial charge on any atom is -0.397 e. The highest BCUT2D eigenvalue weighted by Crippen LogP contribution is 2.17. The van der Waals surface area contributed by atoms with Gasteiger partial charge in [0.1, 0.15) is 0 Å². The number of nitrogens with two attached hydrogens (primary N) is 1. The first-order valence-electron chi connectivity index (χ1n) is 5.21. The predicted octanol–water partition coefficient (Wildman–Crippen LogP) is 2.22.